The minimum Gasteiger partial charge on any atom is -0.493 e. The van der Waals surface area contributed by atoms with Gasteiger partial charge in [-0.3, -0.25) is 0 Å². The number of rotatable bonds is 9. The van der Waals surface area contributed by atoms with Crippen LogP contribution in [0.25, 0.3) is 6.08 Å². The molecule has 0 spiro atoms. The molecule has 0 aliphatic rings. The summed E-state index contributed by atoms with van der Waals surface area (Å²) in [6.45, 7) is 4.72. The molecule has 0 bridgehead atoms. The van der Waals surface area contributed by atoms with Gasteiger partial charge >= 0.3 is 11.9 Å². The molecule has 0 atom stereocenters. The monoisotopic (exact) mass is 369 g/mol. The number of hydrogen-bond acceptors (Lipinski definition) is 6. The smallest absolute Gasteiger partial charge is 0.414 e. The molecular weight excluding hydrogens is 342 g/mol. The standard InChI is InChI=1S/C16H25NO3.C2H2O4/c1-5-6-14-7-8-15(16(13-14)18-4)20-12-11-19-10-9-17(2)3;3-1(4)2(5)6/h5-8,13H,9-12H2,1-4H3;(H,3,4)(H,5,6)/b6-5+;. The van der Waals surface area contributed by atoms with E-state index in [9.17, 15) is 0 Å². The fourth-order valence-electron chi connectivity index (χ4n) is 1.66. The molecule has 0 radical (unpaired) electrons. The number of carbonyl (C=O) groups is 2. The zero-order chi connectivity index (χ0) is 19.9. The number of likely N-dealkylation sites (N-methyl/N-ethyl adjacent to an activating group) is 1. The maximum atomic E-state index is 9.10. The van der Waals surface area contributed by atoms with Crippen molar-refractivity contribution in [1.82, 2.24) is 4.90 Å². The van der Waals surface area contributed by atoms with Crippen molar-refractivity contribution >= 4 is 18.0 Å². The summed E-state index contributed by atoms with van der Waals surface area (Å²) in [6.07, 6.45) is 4.02. The summed E-state index contributed by atoms with van der Waals surface area (Å²) in [4.78, 5) is 20.3. The van der Waals surface area contributed by atoms with E-state index >= 15 is 0 Å². The number of ether oxygens (including phenoxy) is 3. The van der Waals surface area contributed by atoms with Crippen LogP contribution in [0.3, 0.4) is 0 Å². The Morgan fingerprint density at radius 2 is 1.73 bits per heavy atom. The van der Waals surface area contributed by atoms with E-state index in [1.54, 1.807) is 7.11 Å². The molecule has 2 N–H and O–H groups in total. The van der Waals surface area contributed by atoms with Crippen LogP contribution >= 0.6 is 0 Å². The van der Waals surface area contributed by atoms with Crippen molar-refractivity contribution in [3.8, 4) is 11.5 Å². The van der Waals surface area contributed by atoms with Gasteiger partial charge in [-0.2, -0.15) is 0 Å². The highest BCUT2D eigenvalue weighted by molar-refractivity contribution is 6.27. The largest absolute Gasteiger partial charge is 0.493 e. The number of carboxylic acids is 2. The van der Waals surface area contributed by atoms with Gasteiger partial charge in [-0.25, -0.2) is 9.59 Å². The van der Waals surface area contributed by atoms with Gasteiger partial charge in [-0.15, -0.1) is 0 Å². The molecule has 26 heavy (non-hydrogen) atoms. The van der Waals surface area contributed by atoms with Crippen molar-refractivity contribution in [3.05, 3.63) is 29.8 Å². The molecular formula is C18H27NO7. The second-order valence-electron chi connectivity index (χ2n) is 5.28. The van der Waals surface area contributed by atoms with Gasteiger partial charge in [0.1, 0.15) is 6.61 Å². The van der Waals surface area contributed by atoms with Crippen molar-refractivity contribution in [2.24, 2.45) is 0 Å². The average molecular weight is 369 g/mol. The van der Waals surface area contributed by atoms with Crippen LogP contribution in [0.4, 0.5) is 0 Å². The van der Waals surface area contributed by atoms with Crippen LogP contribution in [-0.4, -0.2) is 74.6 Å². The van der Waals surface area contributed by atoms with Crippen molar-refractivity contribution in [3.63, 3.8) is 0 Å². The van der Waals surface area contributed by atoms with Crippen LogP contribution in [-0.2, 0) is 14.3 Å². The third-order valence-corrected chi connectivity index (χ3v) is 2.90. The second-order valence-corrected chi connectivity index (χ2v) is 5.28. The molecule has 0 aliphatic heterocycles. The average Bonchev–Trinajstić information content (AvgIpc) is 2.59. The maximum Gasteiger partial charge on any atom is 0.414 e. The first-order chi connectivity index (χ1) is 12.3. The first-order valence-corrected chi connectivity index (χ1v) is 7.94. The molecule has 0 unspecified atom stereocenters. The van der Waals surface area contributed by atoms with Gasteiger partial charge in [0, 0.05) is 6.54 Å². The van der Waals surface area contributed by atoms with Crippen molar-refractivity contribution in [2.45, 2.75) is 6.92 Å². The van der Waals surface area contributed by atoms with Crippen LogP contribution in [0.2, 0.25) is 0 Å². The number of methoxy groups -OCH3 is 1. The third kappa shape index (κ3) is 11.1. The molecule has 0 fully saturated rings. The van der Waals surface area contributed by atoms with Gasteiger partial charge in [-0.1, -0.05) is 18.2 Å². The van der Waals surface area contributed by atoms with E-state index in [0.717, 1.165) is 23.6 Å². The number of nitrogens with zero attached hydrogens (tertiary/aromatic N) is 1. The molecule has 0 aromatic heterocycles. The molecule has 8 nitrogen and oxygen atoms in total. The normalized spacial score (nSPS) is 10.3. The summed E-state index contributed by atoms with van der Waals surface area (Å²) in [7, 11) is 5.70. The van der Waals surface area contributed by atoms with Gasteiger partial charge < -0.3 is 29.3 Å². The van der Waals surface area contributed by atoms with Gasteiger partial charge in [0.2, 0.25) is 0 Å². The number of allylic oxidation sites excluding steroid dienone is 1. The number of aliphatic carboxylic acids is 2. The molecule has 8 heteroatoms. The lowest BCUT2D eigenvalue weighted by atomic mass is 10.2. The van der Waals surface area contributed by atoms with E-state index in [4.69, 9.17) is 34.0 Å². The quantitative estimate of drug-likeness (QED) is 0.502. The molecule has 146 valence electrons. The van der Waals surface area contributed by atoms with E-state index in [1.807, 2.05) is 51.4 Å². The zero-order valence-electron chi connectivity index (χ0n) is 15.6. The van der Waals surface area contributed by atoms with Gasteiger partial charge in [0.15, 0.2) is 11.5 Å². The molecule has 1 aromatic carbocycles. The number of benzene rings is 1. The Labute approximate surface area is 153 Å². The summed E-state index contributed by atoms with van der Waals surface area (Å²) < 4.78 is 16.5. The third-order valence-electron chi connectivity index (χ3n) is 2.90. The van der Waals surface area contributed by atoms with Crippen LogP contribution in [0.15, 0.2) is 24.3 Å². The first-order valence-electron chi connectivity index (χ1n) is 7.94. The molecule has 1 rings (SSSR count). The van der Waals surface area contributed by atoms with Crippen LogP contribution < -0.4 is 9.47 Å². The van der Waals surface area contributed by atoms with E-state index < -0.39 is 11.9 Å². The van der Waals surface area contributed by atoms with Crippen LogP contribution in [0.1, 0.15) is 12.5 Å². The number of carboxylic acid groups (broad SMARTS) is 2. The molecule has 0 saturated heterocycles. The fraction of sp³-hybridized carbons (Fsp3) is 0.444. The SMILES string of the molecule is C/C=C/c1ccc(OCCOCCN(C)C)c(OC)c1.O=C(O)C(=O)O. The Morgan fingerprint density at radius 3 is 2.23 bits per heavy atom. The highest BCUT2D eigenvalue weighted by Gasteiger charge is 2.05. The molecule has 0 saturated carbocycles. The fourth-order valence-corrected chi connectivity index (χ4v) is 1.66. The van der Waals surface area contributed by atoms with E-state index in [0.29, 0.717) is 19.8 Å². The predicted molar refractivity (Wildman–Crippen MR) is 97.8 cm³/mol. The van der Waals surface area contributed by atoms with E-state index in [1.165, 1.54) is 0 Å². The Balaban J connectivity index is 0.000000896. The summed E-state index contributed by atoms with van der Waals surface area (Å²) in [5, 5.41) is 14.8. The lowest BCUT2D eigenvalue weighted by Gasteiger charge is -2.12. The predicted octanol–water partition coefficient (Wildman–Crippen LogP) is 1.84. The van der Waals surface area contributed by atoms with Crippen LogP contribution in [0.5, 0.6) is 11.5 Å². The Morgan fingerprint density at radius 1 is 1.08 bits per heavy atom. The Hall–Kier alpha value is -2.58. The summed E-state index contributed by atoms with van der Waals surface area (Å²) in [5.41, 5.74) is 1.10. The van der Waals surface area contributed by atoms with E-state index in [2.05, 4.69) is 4.90 Å². The lowest BCUT2D eigenvalue weighted by molar-refractivity contribution is -0.159. The highest BCUT2D eigenvalue weighted by atomic mass is 16.5. The van der Waals surface area contributed by atoms with Crippen molar-refractivity contribution in [2.75, 3.05) is 47.6 Å². The van der Waals surface area contributed by atoms with Gasteiger partial charge in [0.05, 0.1) is 20.3 Å². The molecule has 0 amide bonds. The van der Waals surface area contributed by atoms with Crippen LogP contribution in [0, 0.1) is 0 Å². The highest BCUT2D eigenvalue weighted by Crippen LogP contribution is 2.28. The van der Waals surface area contributed by atoms with Crippen molar-refractivity contribution in [1.29, 1.82) is 0 Å². The molecule has 0 aliphatic carbocycles. The Bertz CT molecular complexity index is 573. The lowest BCUT2D eigenvalue weighted by Crippen LogP contribution is -2.19. The second kappa shape index (κ2) is 13.7. The van der Waals surface area contributed by atoms with Crippen molar-refractivity contribution < 1.29 is 34.0 Å². The minimum absolute atomic E-state index is 0.521. The number of hydrogen-bond donors (Lipinski definition) is 2. The topological polar surface area (TPSA) is 106 Å². The summed E-state index contributed by atoms with van der Waals surface area (Å²) >= 11 is 0. The van der Waals surface area contributed by atoms with E-state index in [-0.39, 0.29) is 0 Å². The zero-order valence-corrected chi connectivity index (χ0v) is 15.6. The van der Waals surface area contributed by atoms with Gasteiger partial charge in [-0.05, 0) is 38.7 Å². The van der Waals surface area contributed by atoms with Gasteiger partial charge in [0.25, 0.3) is 0 Å². The first kappa shape index (κ1) is 23.4. The minimum atomic E-state index is -1.82. The molecule has 0 heterocycles. The summed E-state index contributed by atoms with van der Waals surface area (Å²) in [6, 6.07) is 5.89. The summed E-state index contributed by atoms with van der Waals surface area (Å²) in [5.74, 6) is -2.16. The Kier molecular flexibility index (Phi) is 12.3. The maximum absolute atomic E-state index is 9.10. The molecule has 1 aromatic rings.